The van der Waals surface area contributed by atoms with E-state index in [1.807, 2.05) is 0 Å². The molecule has 0 aliphatic carbocycles. The van der Waals surface area contributed by atoms with Gasteiger partial charge in [-0.25, -0.2) is 13.6 Å². The molecule has 2 aromatic rings. The molecule has 0 fully saturated rings. The van der Waals surface area contributed by atoms with Crippen LogP contribution >= 0.6 is 0 Å². The predicted molar refractivity (Wildman–Crippen MR) is 77.5 cm³/mol. The van der Waals surface area contributed by atoms with Crippen LogP contribution in [0.2, 0.25) is 0 Å². The molecule has 2 N–H and O–H groups in total. The fraction of sp³-hybridized carbons (Fsp3) is 0.125. The van der Waals surface area contributed by atoms with Gasteiger partial charge in [0.25, 0.3) is 5.91 Å². The van der Waals surface area contributed by atoms with Crippen molar-refractivity contribution in [3.63, 3.8) is 0 Å². The highest BCUT2D eigenvalue weighted by molar-refractivity contribution is 5.94. The normalized spacial score (nSPS) is 10.2. The first-order valence-electron chi connectivity index (χ1n) is 6.55. The third kappa shape index (κ3) is 4.03. The van der Waals surface area contributed by atoms with E-state index >= 15 is 0 Å². The van der Waals surface area contributed by atoms with Crippen molar-refractivity contribution in [3.8, 4) is 5.75 Å². The van der Waals surface area contributed by atoms with Crippen molar-refractivity contribution in [2.24, 2.45) is 0 Å². The standard InChI is InChI=1S/C16H13F2NO4/c1-23-14-3-2-9(4-13(14)16(21)22)8-19-15(20)10-5-11(17)7-12(18)6-10/h2-7H,8H2,1H3,(H,19,20)(H,21,22). The number of rotatable bonds is 5. The fourth-order valence-electron chi connectivity index (χ4n) is 2.00. The van der Waals surface area contributed by atoms with E-state index in [4.69, 9.17) is 9.84 Å². The molecule has 5 nitrogen and oxygen atoms in total. The summed E-state index contributed by atoms with van der Waals surface area (Å²) in [6.07, 6.45) is 0. The van der Waals surface area contributed by atoms with Crippen LogP contribution in [0.3, 0.4) is 0 Å². The molecule has 1 amide bonds. The van der Waals surface area contributed by atoms with Crippen LogP contribution in [0.25, 0.3) is 0 Å². The zero-order valence-electron chi connectivity index (χ0n) is 12.1. The average Bonchev–Trinajstić information content (AvgIpc) is 2.51. The summed E-state index contributed by atoms with van der Waals surface area (Å²) in [4.78, 5) is 23.0. The van der Waals surface area contributed by atoms with Crippen LogP contribution in [0.5, 0.6) is 5.75 Å². The van der Waals surface area contributed by atoms with Crippen molar-refractivity contribution in [1.82, 2.24) is 5.32 Å². The smallest absolute Gasteiger partial charge is 0.339 e. The van der Waals surface area contributed by atoms with E-state index in [1.54, 1.807) is 6.07 Å². The van der Waals surface area contributed by atoms with Crippen molar-refractivity contribution < 1.29 is 28.2 Å². The molecule has 0 radical (unpaired) electrons. The molecule has 120 valence electrons. The third-order valence-electron chi connectivity index (χ3n) is 3.07. The molecule has 7 heteroatoms. The second kappa shape index (κ2) is 6.87. The molecule has 0 atom stereocenters. The molecule has 2 rings (SSSR count). The summed E-state index contributed by atoms with van der Waals surface area (Å²) in [5.74, 6) is -3.35. The van der Waals surface area contributed by atoms with E-state index in [-0.39, 0.29) is 23.4 Å². The summed E-state index contributed by atoms with van der Waals surface area (Å²) in [5.41, 5.74) is 0.305. The summed E-state index contributed by atoms with van der Waals surface area (Å²) >= 11 is 0. The van der Waals surface area contributed by atoms with Gasteiger partial charge < -0.3 is 15.2 Å². The Morgan fingerprint density at radius 2 is 1.78 bits per heavy atom. The predicted octanol–water partition coefficient (Wildman–Crippen LogP) is 2.60. The Morgan fingerprint density at radius 1 is 1.13 bits per heavy atom. The van der Waals surface area contributed by atoms with Gasteiger partial charge in [0.2, 0.25) is 0 Å². The number of ether oxygens (including phenoxy) is 1. The maximum atomic E-state index is 13.1. The molecule has 0 aliphatic rings. The van der Waals surface area contributed by atoms with Gasteiger partial charge in [-0.3, -0.25) is 4.79 Å². The first-order chi connectivity index (χ1) is 10.9. The summed E-state index contributed by atoms with van der Waals surface area (Å²) in [7, 11) is 1.35. The summed E-state index contributed by atoms with van der Waals surface area (Å²) in [6.45, 7) is 0.00123. The van der Waals surface area contributed by atoms with Crippen molar-refractivity contribution in [3.05, 3.63) is 64.7 Å². The van der Waals surface area contributed by atoms with Gasteiger partial charge in [-0.05, 0) is 29.8 Å². The van der Waals surface area contributed by atoms with Crippen LogP contribution in [-0.2, 0) is 6.54 Å². The van der Waals surface area contributed by atoms with Crippen molar-refractivity contribution in [2.75, 3.05) is 7.11 Å². The second-order valence-corrected chi connectivity index (χ2v) is 4.68. The van der Waals surface area contributed by atoms with E-state index in [2.05, 4.69) is 5.32 Å². The highest BCUT2D eigenvalue weighted by Gasteiger charge is 2.13. The molecule has 0 aromatic heterocycles. The van der Waals surface area contributed by atoms with Gasteiger partial charge in [0.15, 0.2) is 0 Å². The Morgan fingerprint density at radius 3 is 2.35 bits per heavy atom. The van der Waals surface area contributed by atoms with Crippen LogP contribution in [0.4, 0.5) is 8.78 Å². The number of methoxy groups -OCH3 is 1. The SMILES string of the molecule is COc1ccc(CNC(=O)c2cc(F)cc(F)c2)cc1C(=O)O. The monoisotopic (exact) mass is 321 g/mol. The first-order valence-corrected chi connectivity index (χ1v) is 6.55. The average molecular weight is 321 g/mol. The minimum atomic E-state index is -1.16. The van der Waals surface area contributed by atoms with Gasteiger partial charge >= 0.3 is 5.97 Å². The number of hydrogen-bond acceptors (Lipinski definition) is 3. The Hall–Kier alpha value is -2.96. The molecule has 0 unspecified atom stereocenters. The second-order valence-electron chi connectivity index (χ2n) is 4.68. The van der Waals surface area contributed by atoms with Gasteiger partial charge in [-0.2, -0.15) is 0 Å². The number of amides is 1. The van der Waals surface area contributed by atoms with Crippen LogP contribution in [0.1, 0.15) is 26.3 Å². The molecular weight excluding hydrogens is 308 g/mol. The highest BCUT2D eigenvalue weighted by Crippen LogP contribution is 2.20. The van der Waals surface area contributed by atoms with Crippen molar-refractivity contribution in [2.45, 2.75) is 6.54 Å². The number of carbonyl (C=O) groups is 2. The lowest BCUT2D eigenvalue weighted by Gasteiger charge is -2.09. The lowest BCUT2D eigenvalue weighted by molar-refractivity contribution is 0.0693. The maximum absolute atomic E-state index is 13.1. The Bertz CT molecular complexity index is 741. The zero-order valence-corrected chi connectivity index (χ0v) is 12.1. The van der Waals surface area contributed by atoms with Crippen LogP contribution in [-0.4, -0.2) is 24.1 Å². The largest absolute Gasteiger partial charge is 0.496 e. The van der Waals surface area contributed by atoms with Gasteiger partial charge in [-0.1, -0.05) is 6.07 Å². The number of hydrogen-bond donors (Lipinski definition) is 2. The number of carbonyl (C=O) groups excluding carboxylic acids is 1. The van der Waals surface area contributed by atoms with Crippen LogP contribution < -0.4 is 10.1 Å². The molecule has 0 heterocycles. The Labute approximate surface area is 130 Å². The quantitative estimate of drug-likeness (QED) is 0.887. The number of carboxylic acid groups (broad SMARTS) is 1. The van der Waals surface area contributed by atoms with Gasteiger partial charge in [0.05, 0.1) is 7.11 Å². The maximum Gasteiger partial charge on any atom is 0.339 e. The molecule has 0 spiro atoms. The van der Waals surface area contributed by atoms with E-state index < -0.39 is 23.5 Å². The minimum Gasteiger partial charge on any atom is -0.496 e. The lowest BCUT2D eigenvalue weighted by atomic mass is 10.1. The van der Waals surface area contributed by atoms with Crippen LogP contribution in [0, 0.1) is 11.6 Å². The van der Waals surface area contributed by atoms with Crippen molar-refractivity contribution >= 4 is 11.9 Å². The molecule has 23 heavy (non-hydrogen) atoms. The Balaban J connectivity index is 2.12. The van der Waals surface area contributed by atoms with E-state index in [9.17, 15) is 18.4 Å². The van der Waals surface area contributed by atoms with E-state index in [0.29, 0.717) is 11.6 Å². The summed E-state index contributed by atoms with van der Waals surface area (Å²) < 4.78 is 31.1. The topological polar surface area (TPSA) is 75.6 Å². The zero-order chi connectivity index (χ0) is 17.0. The number of aromatic carboxylic acids is 1. The van der Waals surface area contributed by atoms with Gasteiger partial charge in [0.1, 0.15) is 22.9 Å². The number of nitrogens with one attached hydrogen (secondary N) is 1. The van der Waals surface area contributed by atoms with Gasteiger partial charge in [0, 0.05) is 18.2 Å². The molecular formula is C16H13F2NO4. The number of halogens is 2. The molecule has 2 aromatic carbocycles. The highest BCUT2D eigenvalue weighted by atomic mass is 19.1. The third-order valence-corrected chi connectivity index (χ3v) is 3.07. The summed E-state index contributed by atoms with van der Waals surface area (Å²) in [6, 6.07) is 6.89. The van der Waals surface area contributed by atoms with Gasteiger partial charge in [-0.15, -0.1) is 0 Å². The number of carboxylic acids is 1. The fourth-order valence-corrected chi connectivity index (χ4v) is 2.00. The summed E-state index contributed by atoms with van der Waals surface area (Å²) in [5, 5.41) is 11.6. The lowest BCUT2D eigenvalue weighted by Crippen LogP contribution is -2.23. The molecule has 0 aliphatic heterocycles. The first kappa shape index (κ1) is 16.4. The molecule has 0 saturated heterocycles. The number of benzene rings is 2. The Kier molecular flexibility index (Phi) is 4.90. The van der Waals surface area contributed by atoms with E-state index in [1.165, 1.54) is 19.2 Å². The molecule has 0 bridgehead atoms. The molecule has 0 saturated carbocycles. The van der Waals surface area contributed by atoms with E-state index in [0.717, 1.165) is 12.1 Å². The van der Waals surface area contributed by atoms with Crippen molar-refractivity contribution in [1.29, 1.82) is 0 Å². The van der Waals surface area contributed by atoms with Crippen LogP contribution in [0.15, 0.2) is 36.4 Å². The minimum absolute atomic E-state index is 0.00123.